The van der Waals surface area contributed by atoms with Crippen LogP contribution in [-0.4, -0.2) is 44.0 Å². The summed E-state index contributed by atoms with van der Waals surface area (Å²) in [5.74, 6) is 0.345. The Morgan fingerprint density at radius 3 is 2.46 bits per heavy atom. The number of hydrogen-bond donors (Lipinski definition) is 2. The number of para-hydroxylation sites is 1. The maximum Gasteiger partial charge on any atom is 0.339 e. The lowest BCUT2D eigenvalue weighted by Crippen LogP contribution is -3.12. The summed E-state index contributed by atoms with van der Waals surface area (Å²) in [6.07, 6.45) is 0. The van der Waals surface area contributed by atoms with Gasteiger partial charge in [-0.2, -0.15) is 0 Å². The molecule has 2 N–H and O–H groups in total. The number of rotatable bonds is 7. The molecule has 0 radical (unpaired) electrons. The van der Waals surface area contributed by atoms with Gasteiger partial charge in [0, 0.05) is 11.3 Å². The Hall–Kier alpha value is -2.60. The van der Waals surface area contributed by atoms with Crippen LogP contribution in [-0.2, 0) is 11.3 Å². The number of carbonyl (C=O) groups is 2. The molecule has 140 valence electrons. The number of Topliss-reactive ketones (excluding diaryl/α,β-unsaturated/α-hetero) is 1. The van der Waals surface area contributed by atoms with E-state index in [2.05, 4.69) is 4.98 Å². The summed E-state index contributed by atoms with van der Waals surface area (Å²) in [6.45, 7) is 6.08. The summed E-state index contributed by atoms with van der Waals surface area (Å²) in [5.41, 5.74) is 3.23. The number of esters is 1. The number of nitrogens with one attached hydrogen (secondary N) is 2. The monoisotopic (exact) mass is 359 g/mol. The van der Waals surface area contributed by atoms with Crippen LogP contribution in [0.5, 0.6) is 5.75 Å². The number of benzene rings is 1. The summed E-state index contributed by atoms with van der Waals surface area (Å²) in [5, 5.41) is 0. The molecule has 0 spiro atoms. The molecule has 26 heavy (non-hydrogen) atoms. The van der Waals surface area contributed by atoms with E-state index in [0.717, 1.165) is 16.2 Å². The van der Waals surface area contributed by atoms with Gasteiger partial charge in [0.15, 0.2) is 6.04 Å². The van der Waals surface area contributed by atoms with Crippen molar-refractivity contribution in [2.75, 3.05) is 21.3 Å². The van der Waals surface area contributed by atoms with Gasteiger partial charge in [0.2, 0.25) is 5.78 Å². The number of ketones is 1. The first-order valence-electron chi connectivity index (χ1n) is 8.57. The zero-order valence-corrected chi connectivity index (χ0v) is 16.2. The van der Waals surface area contributed by atoms with E-state index in [0.29, 0.717) is 29.1 Å². The number of likely N-dealkylation sites (N-methyl/N-ethyl adjacent to an activating group) is 1. The van der Waals surface area contributed by atoms with Crippen LogP contribution < -0.4 is 9.64 Å². The first-order chi connectivity index (χ1) is 12.3. The van der Waals surface area contributed by atoms with Gasteiger partial charge in [-0.1, -0.05) is 12.1 Å². The molecule has 0 saturated heterocycles. The molecule has 2 rings (SSSR count). The minimum atomic E-state index is -0.433. The lowest BCUT2D eigenvalue weighted by Gasteiger charge is -2.21. The third-order valence-corrected chi connectivity index (χ3v) is 4.87. The molecule has 2 aromatic rings. The molecule has 1 unspecified atom stereocenters. The molecule has 0 saturated carbocycles. The molecule has 0 aliphatic rings. The van der Waals surface area contributed by atoms with Crippen LogP contribution in [0.25, 0.3) is 0 Å². The summed E-state index contributed by atoms with van der Waals surface area (Å²) < 4.78 is 10.2. The number of quaternary nitrogens is 1. The first kappa shape index (κ1) is 19.7. The van der Waals surface area contributed by atoms with Gasteiger partial charge in [0.25, 0.3) is 0 Å². The third-order valence-electron chi connectivity index (χ3n) is 4.87. The molecule has 1 heterocycles. The third kappa shape index (κ3) is 3.80. The van der Waals surface area contributed by atoms with Gasteiger partial charge in [-0.25, -0.2) is 4.79 Å². The number of methoxy groups -OCH3 is 2. The van der Waals surface area contributed by atoms with Crippen LogP contribution in [0, 0.1) is 13.8 Å². The highest BCUT2D eigenvalue weighted by Crippen LogP contribution is 2.20. The average molecular weight is 359 g/mol. The van der Waals surface area contributed by atoms with Crippen molar-refractivity contribution in [2.24, 2.45) is 0 Å². The van der Waals surface area contributed by atoms with E-state index in [1.807, 2.05) is 38.2 Å². The quantitative estimate of drug-likeness (QED) is 0.583. The fourth-order valence-corrected chi connectivity index (χ4v) is 3.15. The molecule has 6 heteroatoms. The van der Waals surface area contributed by atoms with E-state index in [1.165, 1.54) is 7.11 Å². The van der Waals surface area contributed by atoms with Crippen molar-refractivity contribution in [2.45, 2.75) is 33.4 Å². The minimum absolute atomic E-state index is 0.0341. The van der Waals surface area contributed by atoms with Crippen LogP contribution >= 0.6 is 0 Å². The van der Waals surface area contributed by atoms with Crippen molar-refractivity contribution in [3.8, 4) is 5.75 Å². The van der Waals surface area contributed by atoms with Gasteiger partial charge in [-0.15, -0.1) is 0 Å². The predicted molar refractivity (Wildman–Crippen MR) is 99.0 cm³/mol. The number of hydrogen-bond acceptors (Lipinski definition) is 4. The van der Waals surface area contributed by atoms with Crippen LogP contribution in [0.3, 0.4) is 0 Å². The van der Waals surface area contributed by atoms with Crippen molar-refractivity contribution < 1.29 is 24.0 Å². The second kappa shape index (κ2) is 8.19. The van der Waals surface area contributed by atoms with Gasteiger partial charge < -0.3 is 19.4 Å². The lowest BCUT2D eigenvalue weighted by atomic mass is 10.0. The molecule has 0 bridgehead atoms. The average Bonchev–Trinajstić information content (AvgIpc) is 2.94. The second-order valence-electron chi connectivity index (χ2n) is 6.54. The molecular formula is C20H27N2O4+. The highest BCUT2D eigenvalue weighted by atomic mass is 16.5. The highest BCUT2D eigenvalue weighted by molar-refractivity contribution is 6.03. The zero-order chi connectivity index (χ0) is 19.4. The Labute approximate surface area is 154 Å². The number of H-pyrrole nitrogens is 1. The van der Waals surface area contributed by atoms with Crippen LogP contribution in [0.1, 0.15) is 44.6 Å². The van der Waals surface area contributed by atoms with E-state index < -0.39 is 5.97 Å². The normalized spacial score (nSPS) is 13.2. The molecule has 0 fully saturated rings. The highest BCUT2D eigenvalue weighted by Gasteiger charge is 2.29. The molecule has 1 aromatic carbocycles. The molecule has 0 aliphatic heterocycles. The summed E-state index contributed by atoms with van der Waals surface area (Å²) in [7, 11) is 4.95. The summed E-state index contributed by atoms with van der Waals surface area (Å²) >= 11 is 0. The number of ether oxygens (including phenoxy) is 2. The van der Waals surface area contributed by atoms with E-state index in [-0.39, 0.29) is 11.8 Å². The fourth-order valence-electron chi connectivity index (χ4n) is 3.15. The van der Waals surface area contributed by atoms with Crippen LogP contribution in [0.15, 0.2) is 24.3 Å². The number of carbonyl (C=O) groups excluding carboxylic acids is 2. The number of aromatic amines is 1. The summed E-state index contributed by atoms with van der Waals surface area (Å²) in [6, 6.07) is 7.50. The minimum Gasteiger partial charge on any atom is -0.496 e. The Kier molecular flexibility index (Phi) is 6.21. The molecule has 0 aliphatic carbocycles. The lowest BCUT2D eigenvalue weighted by molar-refractivity contribution is -0.907. The summed E-state index contributed by atoms with van der Waals surface area (Å²) in [4.78, 5) is 29.0. The van der Waals surface area contributed by atoms with Gasteiger partial charge >= 0.3 is 5.97 Å². The van der Waals surface area contributed by atoms with E-state index in [1.54, 1.807) is 21.0 Å². The Balaban J connectivity index is 2.23. The second-order valence-corrected chi connectivity index (χ2v) is 6.54. The van der Waals surface area contributed by atoms with Gasteiger partial charge in [0.1, 0.15) is 12.3 Å². The van der Waals surface area contributed by atoms with E-state index >= 15 is 0 Å². The fraction of sp³-hybridized carbons (Fsp3) is 0.400. The first-order valence-corrected chi connectivity index (χ1v) is 8.57. The topological polar surface area (TPSA) is 72.8 Å². The largest absolute Gasteiger partial charge is 0.496 e. The SMILES string of the molecule is COC(=O)c1c(C)[nH]c(C(=O)[C@@H](C)[NH+](C)Cc2ccccc2OC)c1C. The van der Waals surface area contributed by atoms with Crippen molar-refractivity contribution >= 4 is 11.8 Å². The van der Waals surface area contributed by atoms with Gasteiger partial charge in [-0.05, 0) is 38.5 Å². The maximum atomic E-state index is 13.0. The Morgan fingerprint density at radius 1 is 1.19 bits per heavy atom. The standard InChI is InChI=1S/C20H26N2O4/c1-12-17(20(24)26-6)13(2)21-18(12)19(23)14(3)22(4)11-15-9-7-8-10-16(15)25-5/h7-10,14,21H,11H2,1-6H3/p+1/t14-/m1/s1. The van der Waals surface area contributed by atoms with Gasteiger partial charge in [-0.3, -0.25) is 4.79 Å². The molecule has 2 atom stereocenters. The smallest absolute Gasteiger partial charge is 0.339 e. The molecule has 6 nitrogen and oxygen atoms in total. The Morgan fingerprint density at radius 2 is 1.85 bits per heavy atom. The number of aryl methyl sites for hydroxylation is 1. The van der Waals surface area contributed by atoms with Gasteiger partial charge in [0.05, 0.1) is 32.5 Å². The molecule has 1 aromatic heterocycles. The van der Waals surface area contributed by atoms with E-state index in [4.69, 9.17) is 9.47 Å². The molecule has 0 amide bonds. The van der Waals surface area contributed by atoms with Crippen molar-refractivity contribution in [1.82, 2.24) is 4.98 Å². The number of aromatic nitrogens is 1. The van der Waals surface area contributed by atoms with Crippen molar-refractivity contribution in [1.29, 1.82) is 0 Å². The molecular weight excluding hydrogens is 332 g/mol. The maximum absolute atomic E-state index is 13.0. The Bertz CT molecular complexity index is 810. The predicted octanol–water partition coefficient (Wildman–Crippen LogP) is 1.71. The van der Waals surface area contributed by atoms with Crippen LogP contribution in [0.2, 0.25) is 0 Å². The van der Waals surface area contributed by atoms with Crippen molar-refractivity contribution in [3.63, 3.8) is 0 Å². The van der Waals surface area contributed by atoms with Crippen LogP contribution in [0.4, 0.5) is 0 Å². The van der Waals surface area contributed by atoms with E-state index in [9.17, 15) is 9.59 Å². The zero-order valence-electron chi connectivity index (χ0n) is 16.2. The van der Waals surface area contributed by atoms with Crippen molar-refractivity contribution in [3.05, 3.63) is 52.3 Å².